The molecule has 1 unspecified atom stereocenters. The van der Waals surface area contributed by atoms with E-state index in [0.717, 1.165) is 19.6 Å². The van der Waals surface area contributed by atoms with E-state index in [0.29, 0.717) is 6.04 Å². The number of aryl methyl sites for hydroxylation is 1. The van der Waals surface area contributed by atoms with Crippen LogP contribution < -0.4 is 10.2 Å². The van der Waals surface area contributed by atoms with Crippen LogP contribution in [0.1, 0.15) is 18.9 Å². The predicted molar refractivity (Wildman–Crippen MR) is 73.2 cm³/mol. The largest absolute Gasteiger partial charge is 0.369 e. The number of nitrogens with zero attached hydrogens (tertiary/aromatic N) is 1. The van der Waals surface area contributed by atoms with Crippen molar-refractivity contribution in [1.82, 2.24) is 5.32 Å². The van der Waals surface area contributed by atoms with Crippen molar-refractivity contribution in [3.63, 3.8) is 0 Å². The molecular formula is C13H19BrN2. The Bertz CT molecular complexity index is 365. The van der Waals surface area contributed by atoms with E-state index in [4.69, 9.17) is 0 Å². The van der Waals surface area contributed by atoms with Crippen molar-refractivity contribution >= 4 is 21.6 Å². The first-order valence-electron chi connectivity index (χ1n) is 5.91. The lowest BCUT2D eigenvalue weighted by molar-refractivity contribution is 0.584. The Morgan fingerprint density at radius 1 is 1.44 bits per heavy atom. The first kappa shape index (κ1) is 11.9. The van der Waals surface area contributed by atoms with Gasteiger partial charge in [0.2, 0.25) is 0 Å². The highest BCUT2D eigenvalue weighted by Gasteiger charge is 2.16. The average Bonchev–Trinajstić information content (AvgIpc) is 2.43. The topological polar surface area (TPSA) is 15.3 Å². The number of halogens is 1. The summed E-state index contributed by atoms with van der Waals surface area (Å²) in [6.45, 7) is 7.73. The van der Waals surface area contributed by atoms with E-state index >= 15 is 0 Å². The van der Waals surface area contributed by atoms with Crippen molar-refractivity contribution in [2.24, 2.45) is 0 Å². The van der Waals surface area contributed by atoms with Gasteiger partial charge in [-0.05, 0) is 60.4 Å². The van der Waals surface area contributed by atoms with Gasteiger partial charge in [-0.2, -0.15) is 0 Å². The maximum Gasteiger partial charge on any atom is 0.0511 e. The summed E-state index contributed by atoms with van der Waals surface area (Å²) in [5, 5.41) is 3.52. The van der Waals surface area contributed by atoms with Gasteiger partial charge in [-0.3, -0.25) is 0 Å². The monoisotopic (exact) mass is 282 g/mol. The molecule has 1 atom stereocenters. The lowest BCUT2D eigenvalue weighted by Crippen LogP contribution is -2.35. The Hall–Kier alpha value is -0.540. The van der Waals surface area contributed by atoms with Crippen LogP contribution in [0.3, 0.4) is 0 Å². The van der Waals surface area contributed by atoms with Gasteiger partial charge in [0.25, 0.3) is 0 Å². The van der Waals surface area contributed by atoms with Crippen LogP contribution in [0.4, 0.5) is 5.69 Å². The van der Waals surface area contributed by atoms with Crippen molar-refractivity contribution in [2.45, 2.75) is 26.3 Å². The fraction of sp³-hybridized carbons (Fsp3) is 0.538. The van der Waals surface area contributed by atoms with Gasteiger partial charge in [-0.25, -0.2) is 0 Å². The zero-order valence-corrected chi connectivity index (χ0v) is 11.5. The van der Waals surface area contributed by atoms with E-state index in [2.05, 4.69) is 58.2 Å². The summed E-state index contributed by atoms with van der Waals surface area (Å²) in [5.41, 5.74) is 2.62. The van der Waals surface area contributed by atoms with Crippen LogP contribution in [-0.4, -0.2) is 25.7 Å². The number of hydrogen-bond donors (Lipinski definition) is 1. The molecule has 1 aliphatic heterocycles. The quantitative estimate of drug-likeness (QED) is 0.852. The van der Waals surface area contributed by atoms with Crippen LogP contribution in [0.2, 0.25) is 0 Å². The van der Waals surface area contributed by atoms with Gasteiger partial charge in [-0.15, -0.1) is 0 Å². The van der Waals surface area contributed by atoms with E-state index < -0.39 is 0 Å². The van der Waals surface area contributed by atoms with Crippen LogP contribution >= 0.6 is 15.9 Å². The third kappa shape index (κ3) is 2.77. The molecule has 16 heavy (non-hydrogen) atoms. The van der Waals surface area contributed by atoms with Gasteiger partial charge >= 0.3 is 0 Å². The van der Waals surface area contributed by atoms with Gasteiger partial charge in [-0.1, -0.05) is 6.07 Å². The molecule has 1 aromatic carbocycles. The molecule has 88 valence electrons. The van der Waals surface area contributed by atoms with E-state index in [1.165, 1.54) is 22.1 Å². The lowest BCUT2D eigenvalue weighted by atomic mass is 10.2. The summed E-state index contributed by atoms with van der Waals surface area (Å²) >= 11 is 3.67. The Kier molecular flexibility index (Phi) is 3.87. The van der Waals surface area contributed by atoms with E-state index in [-0.39, 0.29) is 0 Å². The standard InChI is InChI=1S/C13H19BrN2/c1-10-4-5-13(12(14)8-10)16-7-3-6-15-11(2)9-16/h4-5,8,11,15H,3,6-7,9H2,1-2H3. The predicted octanol–water partition coefficient (Wildman–Crippen LogP) is 2.95. The lowest BCUT2D eigenvalue weighted by Gasteiger charge is -2.26. The van der Waals surface area contributed by atoms with Crippen molar-refractivity contribution < 1.29 is 0 Å². The van der Waals surface area contributed by atoms with Crippen molar-refractivity contribution in [3.05, 3.63) is 28.2 Å². The summed E-state index contributed by atoms with van der Waals surface area (Å²) < 4.78 is 1.21. The Balaban J connectivity index is 2.21. The molecule has 1 saturated heterocycles. The summed E-state index contributed by atoms with van der Waals surface area (Å²) in [5.74, 6) is 0. The molecule has 0 amide bonds. The molecule has 0 radical (unpaired) electrons. The molecule has 0 bridgehead atoms. The second kappa shape index (κ2) is 5.19. The van der Waals surface area contributed by atoms with Crippen LogP contribution in [0.25, 0.3) is 0 Å². The highest BCUT2D eigenvalue weighted by molar-refractivity contribution is 9.10. The van der Waals surface area contributed by atoms with Crippen molar-refractivity contribution in [3.8, 4) is 0 Å². The molecule has 2 rings (SSSR count). The fourth-order valence-electron chi connectivity index (χ4n) is 2.19. The van der Waals surface area contributed by atoms with Crippen LogP contribution in [-0.2, 0) is 0 Å². The molecule has 1 fully saturated rings. The second-order valence-electron chi connectivity index (χ2n) is 4.61. The minimum atomic E-state index is 0.565. The molecule has 0 aliphatic carbocycles. The smallest absolute Gasteiger partial charge is 0.0511 e. The number of anilines is 1. The Morgan fingerprint density at radius 2 is 2.25 bits per heavy atom. The minimum absolute atomic E-state index is 0.565. The molecule has 3 heteroatoms. The van der Waals surface area contributed by atoms with E-state index in [9.17, 15) is 0 Å². The molecule has 0 aromatic heterocycles. The van der Waals surface area contributed by atoms with Gasteiger partial charge in [0.05, 0.1) is 5.69 Å². The molecule has 0 saturated carbocycles. The Morgan fingerprint density at radius 3 is 3.00 bits per heavy atom. The SMILES string of the molecule is Cc1ccc(N2CCCNC(C)C2)c(Br)c1. The van der Waals surface area contributed by atoms with Gasteiger partial charge < -0.3 is 10.2 Å². The summed E-state index contributed by atoms with van der Waals surface area (Å²) in [7, 11) is 0. The van der Waals surface area contributed by atoms with Crippen molar-refractivity contribution in [2.75, 3.05) is 24.5 Å². The first-order valence-corrected chi connectivity index (χ1v) is 6.70. The molecule has 1 aromatic rings. The highest BCUT2D eigenvalue weighted by atomic mass is 79.9. The average molecular weight is 283 g/mol. The molecule has 2 nitrogen and oxygen atoms in total. The van der Waals surface area contributed by atoms with Crippen LogP contribution in [0, 0.1) is 6.92 Å². The number of rotatable bonds is 1. The number of hydrogen-bond acceptors (Lipinski definition) is 2. The Labute approximate surface area is 106 Å². The fourth-order valence-corrected chi connectivity index (χ4v) is 2.94. The maximum absolute atomic E-state index is 3.67. The molecule has 1 N–H and O–H groups in total. The van der Waals surface area contributed by atoms with E-state index in [1.807, 2.05) is 0 Å². The zero-order valence-electron chi connectivity index (χ0n) is 9.96. The van der Waals surface area contributed by atoms with Gasteiger partial charge in [0, 0.05) is 23.6 Å². The maximum atomic E-state index is 3.67. The normalized spacial score (nSPS) is 21.9. The first-order chi connectivity index (χ1) is 7.66. The van der Waals surface area contributed by atoms with Gasteiger partial charge in [0.15, 0.2) is 0 Å². The van der Waals surface area contributed by atoms with Gasteiger partial charge in [0.1, 0.15) is 0 Å². The molecule has 0 spiro atoms. The summed E-state index contributed by atoms with van der Waals surface area (Å²) in [6, 6.07) is 7.16. The van der Waals surface area contributed by atoms with Crippen LogP contribution in [0.15, 0.2) is 22.7 Å². The summed E-state index contributed by atoms with van der Waals surface area (Å²) in [4.78, 5) is 2.47. The van der Waals surface area contributed by atoms with Crippen LogP contribution in [0.5, 0.6) is 0 Å². The number of benzene rings is 1. The second-order valence-corrected chi connectivity index (χ2v) is 5.46. The highest BCUT2D eigenvalue weighted by Crippen LogP contribution is 2.28. The molecule has 1 heterocycles. The van der Waals surface area contributed by atoms with E-state index in [1.54, 1.807) is 0 Å². The number of nitrogens with one attached hydrogen (secondary N) is 1. The molecular weight excluding hydrogens is 264 g/mol. The molecule has 1 aliphatic rings. The third-order valence-electron chi connectivity index (χ3n) is 3.04. The minimum Gasteiger partial charge on any atom is -0.369 e. The third-order valence-corrected chi connectivity index (χ3v) is 3.67. The van der Waals surface area contributed by atoms with Crippen molar-refractivity contribution in [1.29, 1.82) is 0 Å². The zero-order chi connectivity index (χ0) is 11.5. The summed E-state index contributed by atoms with van der Waals surface area (Å²) in [6.07, 6.45) is 1.21.